The summed E-state index contributed by atoms with van der Waals surface area (Å²) in [5.41, 5.74) is -0.205. The molecule has 0 radical (unpaired) electrons. The number of hydrogen-bond donors (Lipinski definition) is 2. The summed E-state index contributed by atoms with van der Waals surface area (Å²) in [4.78, 5) is 8.29. The van der Waals surface area contributed by atoms with Crippen molar-refractivity contribution in [1.29, 1.82) is 0 Å². The summed E-state index contributed by atoms with van der Waals surface area (Å²) in [7, 11) is -0.830. The second-order valence-electron chi connectivity index (χ2n) is 7.09. The van der Waals surface area contributed by atoms with E-state index < -0.39 is 13.3 Å². The molecule has 0 bridgehead atoms. The molecule has 0 aliphatic carbocycles. The van der Waals surface area contributed by atoms with Gasteiger partial charge in [-0.1, -0.05) is 0 Å². The first-order valence-electron chi connectivity index (χ1n) is 9.62. The predicted molar refractivity (Wildman–Crippen MR) is 115 cm³/mol. The Morgan fingerprint density at radius 1 is 1.00 bits per heavy atom. The van der Waals surface area contributed by atoms with Crippen LogP contribution < -0.4 is 14.8 Å². The maximum atomic E-state index is 14.0. The molecule has 0 amide bonds. The SMILES string of the molecule is COc1cc(C(CNc2ncccn2)P(=O)(OC(C)C)OC(C)C)cc(OC)c1O. The molecule has 1 aromatic carbocycles. The third-order valence-electron chi connectivity index (χ3n) is 4.00. The molecule has 2 N–H and O–H groups in total. The molecule has 2 aromatic rings. The van der Waals surface area contributed by atoms with Crippen LogP contribution in [0.1, 0.15) is 38.9 Å². The fraction of sp³-hybridized carbons (Fsp3) is 0.500. The van der Waals surface area contributed by atoms with Gasteiger partial charge in [0.25, 0.3) is 0 Å². The van der Waals surface area contributed by atoms with Gasteiger partial charge in [-0.25, -0.2) is 9.97 Å². The number of aromatic hydroxyl groups is 1. The molecule has 1 heterocycles. The van der Waals surface area contributed by atoms with E-state index in [-0.39, 0.29) is 36.0 Å². The lowest BCUT2D eigenvalue weighted by Crippen LogP contribution is -2.20. The normalized spacial score (nSPS) is 12.8. The molecule has 0 aliphatic heterocycles. The average Bonchev–Trinajstić information content (AvgIpc) is 2.68. The Bertz CT molecular complexity index is 824. The molecule has 10 heteroatoms. The summed E-state index contributed by atoms with van der Waals surface area (Å²) in [6.07, 6.45) is 2.52. The van der Waals surface area contributed by atoms with E-state index in [9.17, 15) is 9.67 Å². The fourth-order valence-corrected chi connectivity index (χ4v) is 5.20. The first-order chi connectivity index (χ1) is 14.2. The molecule has 9 nitrogen and oxygen atoms in total. The largest absolute Gasteiger partial charge is 0.502 e. The third kappa shape index (κ3) is 6.08. The molecule has 2 rings (SSSR count). The van der Waals surface area contributed by atoms with Crippen LogP contribution in [-0.4, -0.2) is 48.0 Å². The van der Waals surface area contributed by atoms with Crippen molar-refractivity contribution in [2.24, 2.45) is 0 Å². The lowest BCUT2D eigenvalue weighted by atomic mass is 10.1. The second-order valence-corrected chi connectivity index (χ2v) is 9.22. The van der Waals surface area contributed by atoms with Crippen molar-refractivity contribution >= 4 is 13.5 Å². The van der Waals surface area contributed by atoms with Crippen molar-refractivity contribution in [2.45, 2.75) is 45.6 Å². The zero-order valence-electron chi connectivity index (χ0n) is 18.2. The number of hydrogen-bond acceptors (Lipinski definition) is 9. The quantitative estimate of drug-likeness (QED) is 0.492. The van der Waals surface area contributed by atoms with Crippen LogP contribution >= 0.6 is 7.60 Å². The number of rotatable bonds is 11. The number of phenols is 1. The van der Waals surface area contributed by atoms with Gasteiger partial charge in [0.2, 0.25) is 11.7 Å². The Labute approximate surface area is 177 Å². The number of methoxy groups -OCH3 is 2. The van der Waals surface area contributed by atoms with Crippen LogP contribution in [0.15, 0.2) is 30.6 Å². The van der Waals surface area contributed by atoms with Gasteiger partial charge in [0.15, 0.2) is 11.5 Å². The first-order valence-corrected chi connectivity index (χ1v) is 11.2. The third-order valence-corrected chi connectivity index (χ3v) is 6.68. The summed E-state index contributed by atoms with van der Waals surface area (Å²) in [6.45, 7) is 7.31. The van der Waals surface area contributed by atoms with Crippen molar-refractivity contribution in [2.75, 3.05) is 26.1 Å². The molecule has 1 aromatic heterocycles. The number of phenolic OH excluding ortho intramolecular Hbond substituents is 1. The van der Waals surface area contributed by atoms with E-state index in [1.807, 2.05) is 0 Å². The van der Waals surface area contributed by atoms with Crippen molar-refractivity contribution in [3.05, 3.63) is 36.2 Å². The molecule has 0 fully saturated rings. The van der Waals surface area contributed by atoms with E-state index in [0.29, 0.717) is 11.5 Å². The van der Waals surface area contributed by atoms with Gasteiger partial charge in [-0.15, -0.1) is 0 Å². The number of nitrogens with one attached hydrogen (secondary N) is 1. The fourth-order valence-electron chi connectivity index (χ4n) is 2.86. The van der Waals surface area contributed by atoms with E-state index in [1.54, 1.807) is 58.3 Å². The van der Waals surface area contributed by atoms with E-state index in [2.05, 4.69) is 15.3 Å². The van der Waals surface area contributed by atoms with Crippen LogP contribution in [-0.2, 0) is 13.6 Å². The zero-order chi connectivity index (χ0) is 22.3. The van der Waals surface area contributed by atoms with Crippen LogP contribution in [0.2, 0.25) is 0 Å². The van der Waals surface area contributed by atoms with Crippen molar-refractivity contribution in [1.82, 2.24) is 9.97 Å². The maximum Gasteiger partial charge on any atom is 0.340 e. The molecule has 0 saturated heterocycles. The lowest BCUT2D eigenvalue weighted by Gasteiger charge is -2.30. The molecular weight excluding hydrogens is 409 g/mol. The van der Waals surface area contributed by atoms with Gasteiger partial charge < -0.3 is 28.9 Å². The highest BCUT2D eigenvalue weighted by atomic mass is 31.2. The molecule has 30 heavy (non-hydrogen) atoms. The Balaban J connectivity index is 2.55. The van der Waals surface area contributed by atoms with Gasteiger partial charge in [-0.05, 0) is 51.5 Å². The number of benzene rings is 1. The summed E-state index contributed by atoms with van der Waals surface area (Å²) in [6, 6.07) is 4.89. The standard InChI is InChI=1S/C20H30N3O6P/c1-13(2)28-30(25,29-14(3)4)18(12-23-20-21-8-7-9-22-20)15-10-16(26-5)19(24)17(11-15)27-6/h7-11,13-14,18,24H,12H2,1-6H3,(H,21,22,23). The highest BCUT2D eigenvalue weighted by Crippen LogP contribution is 2.63. The highest BCUT2D eigenvalue weighted by molar-refractivity contribution is 7.54. The number of nitrogens with zero attached hydrogens (tertiary/aromatic N) is 2. The van der Waals surface area contributed by atoms with Gasteiger partial charge in [-0.3, -0.25) is 4.57 Å². The molecule has 1 atom stereocenters. The van der Waals surface area contributed by atoms with Crippen LogP contribution in [0, 0.1) is 0 Å². The minimum absolute atomic E-state index is 0.147. The van der Waals surface area contributed by atoms with Gasteiger partial charge in [0.1, 0.15) is 5.66 Å². The Hall–Kier alpha value is -2.35. The number of ether oxygens (including phenoxy) is 2. The zero-order valence-corrected chi connectivity index (χ0v) is 19.1. The van der Waals surface area contributed by atoms with E-state index in [4.69, 9.17) is 18.5 Å². The smallest absolute Gasteiger partial charge is 0.340 e. The Morgan fingerprint density at radius 2 is 1.50 bits per heavy atom. The van der Waals surface area contributed by atoms with E-state index in [0.717, 1.165) is 0 Å². The Morgan fingerprint density at radius 3 is 1.93 bits per heavy atom. The molecule has 0 saturated carbocycles. The number of anilines is 1. The maximum absolute atomic E-state index is 14.0. The molecule has 0 spiro atoms. The van der Waals surface area contributed by atoms with Gasteiger partial charge in [-0.2, -0.15) is 0 Å². The van der Waals surface area contributed by atoms with E-state index >= 15 is 0 Å². The Kier molecular flexibility index (Phi) is 8.46. The minimum atomic E-state index is -3.69. The first kappa shape index (κ1) is 23.9. The lowest BCUT2D eigenvalue weighted by molar-refractivity contribution is 0.137. The van der Waals surface area contributed by atoms with E-state index in [1.165, 1.54) is 14.2 Å². The monoisotopic (exact) mass is 439 g/mol. The molecule has 166 valence electrons. The van der Waals surface area contributed by atoms with Crippen LogP contribution in [0.25, 0.3) is 0 Å². The second kappa shape index (κ2) is 10.6. The highest BCUT2D eigenvalue weighted by Gasteiger charge is 2.40. The van der Waals surface area contributed by atoms with Crippen LogP contribution in [0.4, 0.5) is 5.95 Å². The summed E-state index contributed by atoms with van der Waals surface area (Å²) >= 11 is 0. The van der Waals surface area contributed by atoms with Gasteiger partial charge in [0, 0.05) is 18.9 Å². The van der Waals surface area contributed by atoms with Crippen LogP contribution in [0.5, 0.6) is 17.2 Å². The summed E-state index contributed by atoms with van der Waals surface area (Å²) in [5.74, 6) is 0.601. The number of aromatic nitrogens is 2. The average molecular weight is 439 g/mol. The molecule has 1 unspecified atom stereocenters. The van der Waals surface area contributed by atoms with Crippen molar-refractivity contribution < 1.29 is 28.2 Å². The van der Waals surface area contributed by atoms with Crippen molar-refractivity contribution in [3.8, 4) is 17.2 Å². The predicted octanol–water partition coefficient (Wildman–Crippen LogP) is 4.40. The summed E-state index contributed by atoms with van der Waals surface area (Å²) < 4.78 is 36.2. The van der Waals surface area contributed by atoms with Crippen LogP contribution in [0.3, 0.4) is 0 Å². The minimum Gasteiger partial charge on any atom is -0.502 e. The van der Waals surface area contributed by atoms with Gasteiger partial charge >= 0.3 is 7.60 Å². The topological polar surface area (TPSA) is 112 Å². The molecular formula is C20H30N3O6P. The summed E-state index contributed by atoms with van der Waals surface area (Å²) in [5, 5.41) is 13.4. The van der Waals surface area contributed by atoms with Gasteiger partial charge in [0.05, 0.1) is 26.4 Å². The molecule has 0 aliphatic rings. The van der Waals surface area contributed by atoms with Crippen molar-refractivity contribution in [3.63, 3.8) is 0 Å².